The van der Waals surface area contributed by atoms with Gasteiger partial charge in [-0.25, -0.2) is 0 Å². The summed E-state index contributed by atoms with van der Waals surface area (Å²) in [7, 11) is 0. The van der Waals surface area contributed by atoms with E-state index in [1.807, 2.05) is 30.3 Å². The molecular formula is C23H22N2O6S. The molecule has 0 radical (unpaired) electrons. The van der Waals surface area contributed by atoms with Gasteiger partial charge in [0, 0.05) is 6.54 Å². The number of carbonyl (C=O) groups is 3. The van der Waals surface area contributed by atoms with E-state index in [1.165, 1.54) is 0 Å². The number of carbonyl (C=O) groups excluding carboxylic acids is 3. The molecule has 2 fully saturated rings. The molecular weight excluding hydrogens is 432 g/mol. The number of imide groups is 1. The minimum atomic E-state index is -0.619. The van der Waals surface area contributed by atoms with Crippen LogP contribution in [0.25, 0.3) is 6.08 Å². The maximum absolute atomic E-state index is 12.6. The van der Waals surface area contributed by atoms with Crippen LogP contribution >= 0.6 is 11.8 Å². The van der Waals surface area contributed by atoms with Gasteiger partial charge in [-0.15, -0.1) is 0 Å². The molecule has 166 valence electrons. The minimum Gasteiger partial charge on any atom is -0.491 e. The maximum Gasteiger partial charge on any atom is 0.326 e. The van der Waals surface area contributed by atoms with Gasteiger partial charge in [-0.2, -0.15) is 0 Å². The van der Waals surface area contributed by atoms with Gasteiger partial charge in [0.25, 0.3) is 11.1 Å². The molecule has 2 saturated heterocycles. The van der Waals surface area contributed by atoms with Crippen LogP contribution in [0.3, 0.4) is 0 Å². The molecule has 2 aliphatic heterocycles. The number of rotatable bonds is 7. The molecule has 2 aliphatic rings. The fourth-order valence-electron chi connectivity index (χ4n) is 3.26. The molecule has 2 heterocycles. The maximum atomic E-state index is 12.6. The lowest BCUT2D eigenvalue weighted by molar-refractivity contribution is -0.155. The second kappa shape index (κ2) is 10.4. The lowest BCUT2D eigenvalue weighted by Crippen LogP contribution is -2.55. The monoisotopic (exact) mass is 454 g/mol. The highest BCUT2D eigenvalue weighted by atomic mass is 32.2. The fraction of sp³-hybridized carbons (Fsp3) is 0.261. The van der Waals surface area contributed by atoms with Crippen molar-refractivity contribution in [1.29, 1.82) is 0 Å². The van der Waals surface area contributed by atoms with Crippen molar-refractivity contribution < 1.29 is 28.6 Å². The zero-order valence-corrected chi connectivity index (χ0v) is 17.9. The molecule has 9 heteroatoms. The molecule has 0 aromatic heterocycles. The lowest BCUT2D eigenvalue weighted by Gasteiger charge is -2.31. The molecule has 2 aromatic rings. The van der Waals surface area contributed by atoms with E-state index < -0.39 is 18.1 Å². The zero-order chi connectivity index (χ0) is 22.3. The van der Waals surface area contributed by atoms with E-state index in [0.29, 0.717) is 23.8 Å². The molecule has 0 bridgehead atoms. The number of morpholine rings is 1. The van der Waals surface area contributed by atoms with Gasteiger partial charge in [-0.1, -0.05) is 42.5 Å². The van der Waals surface area contributed by atoms with Gasteiger partial charge in [0.1, 0.15) is 31.1 Å². The average Bonchev–Trinajstić information content (AvgIpc) is 3.14. The summed E-state index contributed by atoms with van der Waals surface area (Å²) in [5.74, 6) is -0.184. The van der Waals surface area contributed by atoms with Crippen molar-refractivity contribution in [3.8, 4) is 5.75 Å². The van der Waals surface area contributed by atoms with Crippen LogP contribution in [0.2, 0.25) is 0 Å². The first-order valence-corrected chi connectivity index (χ1v) is 10.9. The van der Waals surface area contributed by atoms with Crippen LogP contribution in [0, 0.1) is 0 Å². The van der Waals surface area contributed by atoms with Crippen LogP contribution in [0.5, 0.6) is 5.75 Å². The molecule has 2 N–H and O–H groups in total. The Bertz CT molecular complexity index is 1010. The number of amides is 2. The normalized spacial score (nSPS) is 21.9. The Morgan fingerprint density at radius 3 is 2.62 bits per heavy atom. The molecule has 32 heavy (non-hydrogen) atoms. The molecule has 0 unspecified atom stereocenters. The number of hydrogen-bond acceptors (Lipinski definition) is 8. The zero-order valence-electron chi connectivity index (χ0n) is 17.1. The van der Waals surface area contributed by atoms with Crippen LogP contribution in [0.1, 0.15) is 11.1 Å². The first-order valence-electron chi connectivity index (χ1n) is 10.1. The first kappa shape index (κ1) is 22.1. The number of thioether (sulfide) groups is 1. The highest BCUT2D eigenvalue weighted by molar-refractivity contribution is 8.18. The third-order valence-corrected chi connectivity index (χ3v) is 5.69. The van der Waals surface area contributed by atoms with Gasteiger partial charge in [0.05, 0.1) is 11.5 Å². The van der Waals surface area contributed by atoms with E-state index in [1.54, 1.807) is 30.3 Å². The van der Waals surface area contributed by atoms with E-state index in [2.05, 4.69) is 10.6 Å². The second-order valence-electron chi connectivity index (χ2n) is 7.17. The van der Waals surface area contributed by atoms with Crippen LogP contribution in [0.15, 0.2) is 59.5 Å². The quantitative estimate of drug-likeness (QED) is 0.486. The van der Waals surface area contributed by atoms with E-state index in [-0.39, 0.29) is 24.4 Å². The van der Waals surface area contributed by atoms with Crippen molar-refractivity contribution in [2.45, 2.75) is 18.8 Å². The van der Waals surface area contributed by atoms with E-state index >= 15 is 0 Å². The van der Waals surface area contributed by atoms with Gasteiger partial charge in [-0.3, -0.25) is 25.0 Å². The predicted molar refractivity (Wildman–Crippen MR) is 119 cm³/mol. The van der Waals surface area contributed by atoms with E-state index in [0.717, 1.165) is 22.9 Å². The summed E-state index contributed by atoms with van der Waals surface area (Å²) >= 11 is 0.870. The van der Waals surface area contributed by atoms with E-state index in [9.17, 15) is 14.4 Å². The Hall–Kier alpha value is -3.14. The fourth-order valence-corrected chi connectivity index (χ4v) is 3.94. The molecule has 2 atom stereocenters. The van der Waals surface area contributed by atoms with Gasteiger partial charge >= 0.3 is 5.97 Å². The van der Waals surface area contributed by atoms with Crippen LogP contribution < -0.4 is 15.4 Å². The summed E-state index contributed by atoms with van der Waals surface area (Å²) in [6.45, 7) is 1.40. The topological polar surface area (TPSA) is 103 Å². The molecule has 4 rings (SSSR count). The summed E-state index contributed by atoms with van der Waals surface area (Å²) in [6, 6.07) is 15.9. The van der Waals surface area contributed by atoms with Gasteiger partial charge in [0.15, 0.2) is 0 Å². The van der Waals surface area contributed by atoms with E-state index in [4.69, 9.17) is 14.2 Å². The number of ether oxygens (including phenoxy) is 3. The summed E-state index contributed by atoms with van der Waals surface area (Å²) in [4.78, 5) is 35.8. The highest BCUT2D eigenvalue weighted by Gasteiger charge is 2.33. The van der Waals surface area contributed by atoms with Crippen LogP contribution in [-0.2, 0) is 25.7 Å². The molecule has 2 amide bonds. The summed E-state index contributed by atoms with van der Waals surface area (Å²) in [5, 5.41) is 4.99. The Labute approximate surface area is 189 Å². The third kappa shape index (κ3) is 5.76. The Kier molecular flexibility index (Phi) is 7.21. The first-order chi connectivity index (χ1) is 15.6. The minimum absolute atomic E-state index is 0.172. The van der Waals surface area contributed by atoms with Crippen molar-refractivity contribution in [2.24, 2.45) is 0 Å². The summed E-state index contributed by atoms with van der Waals surface area (Å²) in [5.41, 5.74) is 1.68. The molecule has 2 aromatic carbocycles. The number of esters is 1. The van der Waals surface area contributed by atoms with Crippen molar-refractivity contribution in [3.05, 3.63) is 70.6 Å². The van der Waals surface area contributed by atoms with Crippen LogP contribution in [-0.4, -0.2) is 49.0 Å². The lowest BCUT2D eigenvalue weighted by atomic mass is 10.1. The van der Waals surface area contributed by atoms with Crippen molar-refractivity contribution >= 4 is 35.0 Å². The second-order valence-corrected chi connectivity index (χ2v) is 8.18. The summed E-state index contributed by atoms with van der Waals surface area (Å²) < 4.78 is 17.0. The van der Waals surface area contributed by atoms with Gasteiger partial charge in [-0.05, 0) is 41.1 Å². The number of hydrogen-bond donors (Lipinski definition) is 2. The summed E-state index contributed by atoms with van der Waals surface area (Å²) in [6.07, 6.45) is 1.15. The van der Waals surface area contributed by atoms with Crippen molar-refractivity contribution in [1.82, 2.24) is 10.6 Å². The SMILES string of the molecule is O=C1NC(=O)/C(=C/c2ccc(OC[C@H]3OCCN[C@@H]3C(=O)OCc3ccccc3)cc2)S1. The Morgan fingerprint density at radius 1 is 1.12 bits per heavy atom. The number of benzene rings is 2. The standard InChI is InChI=1S/C23H22N2O6S/c26-21-19(32-23(28)25-21)12-15-6-8-17(9-7-15)30-14-18-20(24-10-11-29-18)22(27)31-13-16-4-2-1-3-5-16/h1-9,12,18,20,24H,10-11,13-14H2,(H,25,26,28)/b19-12-/t18-,20+/m1/s1. The van der Waals surface area contributed by atoms with Crippen LogP contribution in [0.4, 0.5) is 4.79 Å². The molecule has 0 saturated carbocycles. The molecule has 8 nitrogen and oxygen atoms in total. The largest absolute Gasteiger partial charge is 0.491 e. The Balaban J connectivity index is 1.31. The number of nitrogens with one attached hydrogen (secondary N) is 2. The highest BCUT2D eigenvalue weighted by Crippen LogP contribution is 2.26. The van der Waals surface area contributed by atoms with Crippen molar-refractivity contribution in [3.63, 3.8) is 0 Å². The Morgan fingerprint density at radius 2 is 1.91 bits per heavy atom. The molecule has 0 spiro atoms. The van der Waals surface area contributed by atoms with Crippen molar-refractivity contribution in [2.75, 3.05) is 19.8 Å². The average molecular weight is 455 g/mol. The smallest absolute Gasteiger partial charge is 0.326 e. The van der Waals surface area contributed by atoms with Gasteiger partial charge in [0.2, 0.25) is 0 Å². The predicted octanol–water partition coefficient (Wildman–Crippen LogP) is 2.49. The van der Waals surface area contributed by atoms with Gasteiger partial charge < -0.3 is 14.2 Å². The third-order valence-electron chi connectivity index (χ3n) is 4.88. The molecule has 0 aliphatic carbocycles.